The average molecular weight is 1390 g/mol. The van der Waals surface area contributed by atoms with Gasteiger partial charge in [-0.1, -0.05) is 277 Å². The third-order valence-electron chi connectivity index (χ3n) is 15.6. The van der Waals surface area contributed by atoms with Gasteiger partial charge in [-0.2, -0.15) is 0 Å². The summed E-state index contributed by atoms with van der Waals surface area (Å²) in [5.41, 5.74) is 12.2. The quantitative estimate of drug-likeness (QED) is 0.0356. The molecule has 0 atom stereocenters. The number of benzene rings is 10. The number of carbonyl (C=O) groups is 4. The monoisotopic (exact) mass is 1390 g/mol. The summed E-state index contributed by atoms with van der Waals surface area (Å²) in [4.78, 5) is 57.9. The van der Waals surface area contributed by atoms with Crippen LogP contribution in [0.2, 0.25) is 20.1 Å². The minimum absolute atomic E-state index is 0.00610. The van der Waals surface area contributed by atoms with Crippen LogP contribution in [0.5, 0.6) is 0 Å². The van der Waals surface area contributed by atoms with E-state index in [9.17, 15) is 23.6 Å². The largest absolute Gasteiger partial charge is 0.379 e. The van der Waals surface area contributed by atoms with E-state index in [2.05, 4.69) is 45.5 Å². The van der Waals surface area contributed by atoms with Crippen LogP contribution in [0.25, 0.3) is 29.9 Å². The van der Waals surface area contributed by atoms with Gasteiger partial charge in [-0.25, -0.2) is 4.39 Å². The fraction of sp³-hybridized carbons (Fsp3) is 0.140. The first-order valence-electron chi connectivity index (χ1n) is 32.3. The predicted molar refractivity (Wildman–Crippen MR) is 409 cm³/mol. The van der Waals surface area contributed by atoms with Crippen molar-refractivity contribution in [2.45, 2.75) is 20.0 Å². The second-order valence-electron chi connectivity index (χ2n) is 23.7. The molecule has 0 N–H and O–H groups in total. The molecule has 10 aromatic carbocycles. The van der Waals surface area contributed by atoms with Crippen molar-refractivity contribution in [3.8, 4) is 0 Å². The molecule has 1 fully saturated rings. The number of likely N-dealkylation sites (N-methyl/N-ethyl adjacent to an activating group) is 2. The van der Waals surface area contributed by atoms with Crippen molar-refractivity contribution in [1.29, 1.82) is 0 Å². The standard InChI is InChI=1S/C24H21Cl2NO.C24H22FNO.C20H20ClNO2.C18H15ClO/c1-27(16-18-8-4-2-5-9-18)17-21(24(28)20-10-6-3-7-11-20)14-19-12-13-22(25)23(26)15-19;1-26(17-20-8-4-2-5-9-20)18-22(16-19-12-14-23(25)15-13-19)24(27)21-10-6-3-7-11-21;21-19-8-6-16(7-9-19)14-18(15-22-10-12-24-13-11-22)20(23)17-4-2-1-3-5-17;1-13(2)18(20)17(15-6-4-3-5-7-15)12-14-8-10-16(19)11-9-14/h2-15H,16-17H2,1H3;2-16H,17-18H2,1H3;1-9,14H,10-13,15H2;3-12H,1H2,2H3/b21-14+;22-16+;18-14+;17-12+. The molecule has 0 aromatic heterocycles. The van der Waals surface area contributed by atoms with Gasteiger partial charge >= 0.3 is 0 Å². The first kappa shape index (κ1) is 75.3. The Morgan fingerprint density at radius 2 is 0.778 bits per heavy atom. The third-order valence-corrected chi connectivity index (χ3v) is 16.8. The Labute approximate surface area is 601 Å². The number of Topliss-reactive ketones (excluding diaryl/α,β-unsaturated/α-hetero) is 4. The highest BCUT2D eigenvalue weighted by atomic mass is 35.5. The van der Waals surface area contributed by atoms with Crippen LogP contribution in [-0.4, -0.2) is 97.9 Å². The van der Waals surface area contributed by atoms with Gasteiger partial charge in [-0.05, 0) is 138 Å². The lowest BCUT2D eigenvalue weighted by molar-refractivity contribution is -0.110. The molecular weight excluding hydrogens is 1320 g/mol. The molecule has 99 heavy (non-hydrogen) atoms. The Balaban J connectivity index is 0.000000169. The molecular formula is C86H78Cl4FN3O5. The summed E-state index contributed by atoms with van der Waals surface area (Å²) in [6.45, 7) is 11.7. The lowest BCUT2D eigenvalue weighted by atomic mass is 9.96. The molecule has 13 heteroatoms. The van der Waals surface area contributed by atoms with Gasteiger partial charge in [0.2, 0.25) is 0 Å². The molecule has 1 saturated heterocycles. The van der Waals surface area contributed by atoms with Gasteiger partial charge in [0, 0.05) is 94.8 Å². The topological polar surface area (TPSA) is 87.2 Å². The molecule has 0 radical (unpaired) electrons. The molecule has 1 aliphatic heterocycles. The van der Waals surface area contributed by atoms with Crippen molar-refractivity contribution >= 4 is 99.4 Å². The van der Waals surface area contributed by atoms with Crippen LogP contribution in [0.1, 0.15) is 76.9 Å². The number of allylic oxidation sites excluding steroid dienone is 2. The molecule has 0 saturated carbocycles. The number of carbonyl (C=O) groups excluding carboxylic acids is 4. The van der Waals surface area contributed by atoms with E-state index >= 15 is 0 Å². The Morgan fingerprint density at radius 1 is 0.434 bits per heavy atom. The Kier molecular flexibility index (Phi) is 30.3. The zero-order valence-electron chi connectivity index (χ0n) is 55.6. The first-order chi connectivity index (χ1) is 47.9. The Morgan fingerprint density at radius 3 is 1.18 bits per heavy atom. The molecule has 0 spiro atoms. The van der Waals surface area contributed by atoms with Gasteiger partial charge in [0.25, 0.3) is 0 Å². The highest BCUT2D eigenvalue weighted by molar-refractivity contribution is 6.42. The predicted octanol–water partition coefficient (Wildman–Crippen LogP) is 20.6. The molecule has 8 nitrogen and oxygen atoms in total. The molecule has 502 valence electrons. The molecule has 10 aromatic rings. The maximum Gasteiger partial charge on any atom is 0.190 e. The van der Waals surface area contributed by atoms with Gasteiger partial charge in [-0.3, -0.25) is 33.9 Å². The van der Waals surface area contributed by atoms with Crippen molar-refractivity contribution in [2.24, 2.45) is 0 Å². The average Bonchev–Trinajstić information content (AvgIpc) is 0.948. The van der Waals surface area contributed by atoms with E-state index in [0.29, 0.717) is 91.9 Å². The smallest absolute Gasteiger partial charge is 0.190 e. The number of rotatable bonds is 23. The number of ketones is 4. The summed E-state index contributed by atoms with van der Waals surface area (Å²) in [6.07, 6.45) is 7.55. The molecule has 0 unspecified atom stereocenters. The summed E-state index contributed by atoms with van der Waals surface area (Å²) in [5, 5.41) is 2.33. The van der Waals surface area contributed by atoms with Crippen LogP contribution >= 0.6 is 46.4 Å². The van der Waals surface area contributed by atoms with E-state index in [-0.39, 0.29) is 29.0 Å². The second kappa shape index (κ2) is 39.8. The minimum Gasteiger partial charge on any atom is -0.379 e. The number of ether oxygens (including phenoxy) is 1. The van der Waals surface area contributed by atoms with Crippen molar-refractivity contribution in [3.05, 3.63) is 383 Å². The van der Waals surface area contributed by atoms with E-state index in [0.717, 1.165) is 59.6 Å². The van der Waals surface area contributed by atoms with Gasteiger partial charge in [0.1, 0.15) is 5.82 Å². The van der Waals surface area contributed by atoms with Crippen LogP contribution in [0.3, 0.4) is 0 Å². The lowest BCUT2D eigenvalue weighted by Gasteiger charge is -2.27. The summed E-state index contributed by atoms with van der Waals surface area (Å²) < 4.78 is 18.6. The molecule has 1 heterocycles. The number of hydrogen-bond donors (Lipinski definition) is 0. The summed E-state index contributed by atoms with van der Waals surface area (Å²) in [5.74, 6) is -0.279. The Hall–Kier alpha value is -9.49. The minimum atomic E-state index is -0.288. The normalized spacial score (nSPS) is 12.6. The van der Waals surface area contributed by atoms with E-state index in [1.807, 2.05) is 239 Å². The van der Waals surface area contributed by atoms with E-state index in [1.54, 1.807) is 43.3 Å². The maximum absolute atomic E-state index is 13.2. The zero-order valence-corrected chi connectivity index (χ0v) is 58.7. The van der Waals surface area contributed by atoms with Gasteiger partial charge < -0.3 is 4.74 Å². The van der Waals surface area contributed by atoms with Crippen molar-refractivity contribution in [2.75, 3.05) is 60.0 Å². The number of nitrogens with zero attached hydrogens (tertiary/aromatic N) is 3. The summed E-state index contributed by atoms with van der Waals surface area (Å²) in [7, 11) is 4.00. The number of morpholine rings is 1. The second-order valence-corrected chi connectivity index (χ2v) is 25.3. The van der Waals surface area contributed by atoms with Crippen LogP contribution in [0, 0.1) is 5.82 Å². The van der Waals surface area contributed by atoms with Crippen LogP contribution in [-0.2, 0) is 22.6 Å². The zero-order chi connectivity index (χ0) is 70.3. The lowest BCUT2D eigenvalue weighted by Crippen LogP contribution is -2.38. The highest BCUT2D eigenvalue weighted by Gasteiger charge is 2.20. The van der Waals surface area contributed by atoms with Crippen molar-refractivity contribution in [3.63, 3.8) is 0 Å². The first-order valence-corrected chi connectivity index (χ1v) is 33.8. The van der Waals surface area contributed by atoms with Gasteiger partial charge in [0.15, 0.2) is 23.1 Å². The maximum atomic E-state index is 13.2. The van der Waals surface area contributed by atoms with E-state index in [4.69, 9.17) is 51.1 Å². The van der Waals surface area contributed by atoms with Crippen LogP contribution < -0.4 is 0 Å². The van der Waals surface area contributed by atoms with Crippen LogP contribution in [0.4, 0.5) is 4.39 Å². The number of hydrogen-bond acceptors (Lipinski definition) is 8. The molecule has 11 rings (SSSR count). The molecule has 0 aliphatic carbocycles. The molecule has 1 aliphatic rings. The summed E-state index contributed by atoms with van der Waals surface area (Å²) in [6, 6.07) is 84.4. The molecule has 0 bridgehead atoms. The van der Waals surface area contributed by atoms with Crippen LogP contribution in [0.15, 0.2) is 302 Å². The van der Waals surface area contributed by atoms with Crippen molar-refractivity contribution in [1.82, 2.24) is 14.7 Å². The highest BCUT2D eigenvalue weighted by Crippen LogP contribution is 2.27. The SMILES string of the molecule is C=C(C)C(=O)/C(=C/c1ccc(Cl)cc1)c1ccccc1.CN(C/C(=C\c1ccc(Cl)c(Cl)c1)C(=O)c1ccccc1)Cc1ccccc1.CN(C/C(=C\c1ccc(F)cc1)C(=O)c1ccccc1)Cc1ccccc1.O=C(/C(=C/c1ccc(Cl)cc1)CN1CCOCC1)c1ccccc1. The fourth-order valence-corrected chi connectivity index (χ4v) is 11.1. The third kappa shape index (κ3) is 25.4. The summed E-state index contributed by atoms with van der Waals surface area (Å²) >= 11 is 24.0. The van der Waals surface area contributed by atoms with Gasteiger partial charge in [0.05, 0.1) is 23.3 Å². The van der Waals surface area contributed by atoms with Gasteiger partial charge in [-0.15, -0.1) is 0 Å². The molecule has 0 amide bonds. The van der Waals surface area contributed by atoms with Crippen molar-refractivity contribution < 1.29 is 28.3 Å². The van der Waals surface area contributed by atoms with E-state index in [1.165, 1.54) is 23.3 Å². The van der Waals surface area contributed by atoms with E-state index < -0.39 is 0 Å². The number of halogens is 5. The Bertz CT molecular complexity index is 4360. The fourth-order valence-electron chi connectivity index (χ4n) is 10.5.